The van der Waals surface area contributed by atoms with Crippen molar-refractivity contribution in [1.82, 2.24) is 5.32 Å². The van der Waals surface area contributed by atoms with Crippen molar-refractivity contribution in [3.8, 4) is 0 Å². The van der Waals surface area contributed by atoms with Crippen LogP contribution in [0.25, 0.3) is 0 Å². The van der Waals surface area contributed by atoms with Crippen LogP contribution in [0.1, 0.15) is 115 Å². The summed E-state index contributed by atoms with van der Waals surface area (Å²) in [5.74, 6) is 1.92. The fourth-order valence-corrected chi connectivity index (χ4v) is 7.19. The summed E-state index contributed by atoms with van der Waals surface area (Å²) in [5.41, 5.74) is 9.02. The molecule has 3 aromatic carbocycles. The first-order valence-corrected chi connectivity index (χ1v) is 14.3. The summed E-state index contributed by atoms with van der Waals surface area (Å²) in [6.07, 6.45) is 15.0. The van der Waals surface area contributed by atoms with Gasteiger partial charge in [0.2, 0.25) is 0 Å². The van der Waals surface area contributed by atoms with Gasteiger partial charge in [-0.2, -0.15) is 0 Å². The molecule has 1 heterocycles. The van der Waals surface area contributed by atoms with Crippen molar-refractivity contribution in [3.05, 3.63) is 106 Å². The summed E-state index contributed by atoms with van der Waals surface area (Å²) in [6.45, 7) is 0.970. The Hall–Kier alpha value is -2.38. The maximum absolute atomic E-state index is 3.93. The van der Waals surface area contributed by atoms with Gasteiger partial charge in [0, 0.05) is 18.5 Å². The topological polar surface area (TPSA) is 12.0 Å². The Morgan fingerprint density at radius 2 is 1.03 bits per heavy atom. The van der Waals surface area contributed by atoms with Crippen LogP contribution >= 0.6 is 0 Å². The SMILES string of the molecule is c1ccc2c(c1)CN[C@H](C(c1ccc(C3CCCCC3)cc1)c1ccc(C3CCCCC3)cc1)C2. The third kappa shape index (κ3) is 5.12. The van der Waals surface area contributed by atoms with Crippen molar-refractivity contribution in [2.24, 2.45) is 0 Å². The number of rotatable bonds is 5. The van der Waals surface area contributed by atoms with Crippen LogP contribution in [-0.4, -0.2) is 6.04 Å². The predicted molar refractivity (Wildman–Crippen MR) is 147 cm³/mol. The lowest BCUT2D eigenvalue weighted by Crippen LogP contribution is -2.40. The van der Waals surface area contributed by atoms with E-state index in [1.54, 1.807) is 11.1 Å². The molecule has 35 heavy (non-hydrogen) atoms. The second-order valence-electron chi connectivity index (χ2n) is 11.4. The maximum atomic E-state index is 3.93. The lowest BCUT2D eigenvalue weighted by atomic mass is 9.77. The van der Waals surface area contributed by atoms with Crippen molar-refractivity contribution in [2.75, 3.05) is 0 Å². The summed E-state index contributed by atoms with van der Waals surface area (Å²) < 4.78 is 0. The van der Waals surface area contributed by atoms with E-state index < -0.39 is 0 Å². The predicted octanol–water partition coefficient (Wildman–Crippen LogP) is 8.63. The first kappa shape index (κ1) is 23.0. The van der Waals surface area contributed by atoms with E-state index in [2.05, 4.69) is 78.1 Å². The van der Waals surface area contributed by atoms with Gasteiger partial charge in [-0.25, -0.2) is 0 Å². The Morgan fingerprint density at radius 1 is 0.543 bits per heavy atom. The first-order valence-electron chi connectivity index (χ1n) is 14.3. The molecule has 2 aliphatic carbocycles. The third-order valence-electron chi connectivity index (χ3n) is 9.26. The number of benzene rings is 3. The van der Waals surface area contributed by atoms with Crippen LogP contribution in [0, 0.1) is 0 Å². The van der Waals surface area contributed by atoms with E-state index in [0.29, 0.717) is 12.0 Å². The van der Waals surface area contributed by atoms with E-state index in [4.69, 9.17) is 0 Å². The van der Waals surface area contributed by atoms with Crippen LogP contribution in [0.15, 0.2) is 72.8 Å². The summed E-state index contributed by atoms with van der Waals surface area (Å²) >= 11 is 0. The summed E-state index contributed by atoms with van der Waals surface area (Å²) in [6, 6.07) is 29.0. The molecule has 3 aliphatic rings. The Labute approximate surface area is 212 Å². The van der Waals surface area contributed by atoms with Crippen molar-refractivity contribution >= 4 is 0 Å². The molecule has 6 rings (SSSR count). The number of hydrogen-bond acceptors (Lipinski definition) is 1. The Bertz CT molecular complexity index is 1020. The van der Waals surface area contributed by atoms with E-state index in [9.17, 15) is 0 Å². The van der Waals surface area contributed by atoms with Crippen molar-refractivity contribution in [1.29, 1.82) is 0 Å². The zero-order valence-electron chi connectivity index (χ0n) is 21.2. The molecule has 1 atom stereocenters. The van der Waals surface area contributed by atoms with Crippen LogP contribution in [0.5, 0.6) is 0 Å². The van der Waals surface area contributed by atoms with E-state index in [-0.39, 0.29) is 0 Å². The average molecular weight is 464 g/mol. The Balaban J connectivity index is 1.30. The second-order valence-corrected chi connectivity index (χ2v) is 11.4. The molecule has 0 aromatic heterocycles. The molecule has 2 fully saturated rings. The van der Waals surface area contributed by atoms with Gasteiger partial charge in [0.25, 0.3) is 0 Å². The molecule has 1 aliphatic heterocycles. The number of nitrogens with one attached hydrogen (secondary N) is 1. The molecule has 0 bridgehead atoms. The van der Waals surface area contributed by atoms with Gasteiger partial charge in [0.1, 0.15) is 0 Å². The lowest BCUT2D eigenvalue weighted by Gasteiger charge is -2.34. The van der Waals surface area contributed by atoms with Gasteiger partial charge in [-0.3, -0.25) is 0 Å². The fourth-order valence-electron chi connectivity index (χ4n) is 7.19. The highest BCUT2D eigenvalue weighted by molar-refractivity contribution is 5.41. The van der Waals surface area contributed by atoms with Crippen molar-refractivity contribution in [2.45, 2.75) is 101 Å². The minimum absolute atomic E-state index is 0.379. The van der Waals surface area contributed by atoms with Gasteiger partial charge < -0.3 is 5.32 Å². The van der Waals surface area contributed by atoms with E-state index in [1.165, 1.54) is 86.5 Å². The zero-order chi connectivity index (χ0) is 23.5. The van der Waals surface area contributed by atoms with E-state index >= 15 is 0 Å². The van der Waals surface area contributed by atoms with Crippen molar-refractivity contribution < 1.29 is 0 Å². The summed E-state index contributed by atoms with van der Waals surface area (Å²) in [5, 5.41) is 3.93. The monoisotopic (exact) mass is 463 g/mol. The molecule has 2 saturated carbocycles. The highest BCUT2D eigenvalue weighted by atomic mass is 14.9. The third-order valence-corrected chi connectivity index (χ3v) is 9.26. The zero-order valence-corrected chi connectivity index (χ0v) is 21.2. The van der Waals surface area contributed by atoms with Gasteiger partial charge in [0.15, 0.2) is 0 Å². The highest BCUT2D eigenvalue weighted by Crippen LogP contribution is 2.38. The van der Waals surface area contributed by atoms with E-state index in [1.807, 2.05) is 0 Å². The quantitative estimate of drug-likeness (QED) is 0.399. The van der Waals surface area contributed by atoms with Crippen molar-refractivity contribution in [3.63, 3.8) is 0 Å². The Morgan fingerprint density at radius 3 is 1.54 bits per heavy atom. The molecule has 0 amide bonds. The van der Waals surface area contributed by atoms with Gasteiger partial charge in [-0.05, 0) is 77.3 Å². The van der Waals surface area contributed by atoms with Gasteiger partial charge in [-0.1, -0.05) is 111 Å². The fraction of sp³-hybridized carbons (Fsp3) is 0.471. The minimum atomic E-state index is 0.379. The standard InChI is InChI=1S/C34H41N/c1-3-9-25(10-4-1)27-15-19-29(20-16-27)34(33-23-31-13-7-8-14-32(31)24-35-33)30-21-17-28(18-22-30)26-11-5-2-6-12-26/h7-8,13-22,25-26,33-35H,1-6,9-12,23-24H2/t33-/m0/s1. The number of fused-ring (bicyclic) bond motifs is 1. The molecule has 182 valence electrons. The minimum Gasteiger partial charge on any atom is -0.309 e. The molecular formula is C34H41N. The van der Waals surface area contributed by atoms with Crippen LogP contribution in [-0.2, 0) is 13.0 Å². The molecule has 3 aromatic rings. The average Bonchev–Trinajstić information content (AvgIpc) is 2.95. The second kappa shape index (κ2) is 10.7. The van der Waals surface area contributed by atoms with Crippen LogP contribution in [0.3, 0.4) is 0 Å². The van der Waals surface area contributed by atoms with Gasteiger partial charge >= 0.3 is 0 Å². The van der Waals surface area contributed by atoms with Crippen LogP contribution in [0.4, 0.5) is 0 Å². The smallest absolute Gasteiger partial charge is 0.0246 e. The summed E-state index contributed by atoms with van der Waals surface area (Å²) in [7, 11) is 0. The molecule has 1 nitrogen and oxygen atoms in total. The molecule has 0 radical (unpaired) electrons. The number of hydrogen-bond donors (Lipinski definition) is 1. The molecule has 0 saturated heterocycles. The molecule has 1 heteroatoms. The first-order chi connectivity index (χ1) is 17.3. The normalized spacial score (nSPS) is 21.7. The maximum Gasteiger partial charge on any atom is 0.0246 e. The van der Waals surface area contributed by atoms with Crippen LogP contribution in [0.2, 0.25) is 0 Å². The molecule has 1 N–H and O–H groups in total. The lowest BCUT2D eigenvalue weighted by molar-refractivity contribution is 0.435. The molecular weight excluding hydrogens is 422 g/mol. The Kier molecular flexibility index (Phi) is 7.05. The highest BCUT2D eigenvalue weighted by Gasteiger charge is 2.29. The van der Waals surface area contributed by atoms with Gasteiger partial charge in [0.05, 0.1) is 0 Å². The summed E-state index contributed by atoms with van der Waals surface area (Å²) in [4.78, 5) is 0. The van der Waals surface area contributed by atoms with Gasteiger partial charge in [-0.15, -0.1) is 0 Å². The largest absolute Gasteiger partial charge is 0.309 e. The van der Waals surface area contributed by atoms with E-state index in [0.717, 1.165) is 24.8 Å². The molecule has 0 unspecified atom stereocenters. The molecule has 0 spiro atoms. The van der Waals surface area contributed by atoms with Crippen LogP contribution < -0.4 is 5.32 Å².